The zero-order valence-corrected chi connectivity index (χ0v) is 8.01. The van der Waals surface area contributed by atoms with E-state index < -0.39 is 19.3 Å². The number of nitrogens with one attached hydrogen (secondary N) is 1. The highest BCUT2D eigenvalue weighted by molar-refractivity contribution is 7.00. The van der Waals surface area contributed by atoms with Gasteiger partial charge in [-0.15, -0.1) is 0 Å². The molecule has 4 heteroatoms. The molecule has 2 aromatic rings. The average molecular weight is 177 g/mol. The van der Waals surface area contributed by atoms with Gasteiger partial charge in [-0.25, -0.2) is 0 Å². The first-order chi connectivity index (χ1) is 5.40. The predicted molar refractivity (Wildman–Crippen MR) is 47.3 cm³/mol. The van der Waals surface area contributed by atoms with E-state index in [-0.39, 0.29) is 0 Å². The highest BCUT2D eigenvalue weighted by Gasteiger charge is 2.01. The van der Waals surface area contributed by atoms with E-state index >= 15 is 0 Å². The van der Waals surface area contributed by atoms with Gasteiger partial charge in [-0.2, -0.15) is 0 Å². The Kier molecular flexibility index (Phi) is 2.02. The summed E-state index contributed by atoms with van der Waals surface area (Å²) in [6.45, 7) is 0. The Hall–Kier alpha value is -0.254. The van der Waals surface area contributed by atoms with Crippen molar-refractivity contribution < 1.29 is 0 Å². The van der Waals surface area contributed by atoms with E-state index in [1.807, 2.05) is 24.3 Å². The highest BCUT2D eigenvalue weighted by atomic mass is 35.5. The summed E-state index contributed by atoms with van der Waals surface area (Å²) in [5.41, 5.74) is 2.09. The summed E-state index contributed by atoms with van der Waals surface area (Å²) < 4.78 is 0.966. The number of nitrogens with zero attached hydrogens (tertiary/aromatic N) is 1. The van der Waals surface area contributed by atoms with Crippen LogP contribution in [0.5, 0.6) is 0 Å². The van der Waals surface area contributed by atoms with Crippen molar-refractivity contribution in [2.24, 2.45) is 0 Å². The zero-order chi connectivity index (χ0) is 7.68. The summed E-state index contributed by atoms with van der Waals surface area (Å²) >= 11 is -0.662. The summed E-state index contributed by atoms with van der Waals surface area (Å²) in [6.07, 6.45) is 0. The number of rotatable bonds is 1. The predicted octanol–water partition coefficient (Wildman–Crippen LogP) is 1.05. The number of benzene rings is 1. The number of imidazole rings is 1. The molecule has 0 spiro atoms. The Morgan fingerprint density at radius 3 is 2.91 bits per heavy atom. The van der Waals surface area contributed by atoms with Crippen LogP contribution in [0.15, 0.2) is 24.3 Å². The first-order valence-electron chi connectivity index (χ1n) is 3.40. The monoisotopic (exact) mass is 176 g/mol. The van der Waals surface area contributed by atoms with Crippen LogP contribution in [0.3, 0.4) is 0 Å². The summed E-state index contributed by atoms with van der Waals surface area (Å²) in [5, 5.41) is 0. The van der Waals surface area contributed by atoms with Crippen molar-refractivity contribution >= 4 is 43.3 Å². The number of H-pyrrole nitrogens is 1. The van der Waals surface area contributed by atoms with E-state index in [2.05, 4.69) is 9.97 Å². The zero-order valence-electron chi connectivity index (χ0n) is 5.84. The van der Waals surface area contributed by atoms with Gasteiger partial charge in [-0.05, 0) is 16.1 Å². The van der Waals surface area contributed by atoms with Gasteiger partial charge in [0, 0.05) is 0 Å². The maximum Gasteiger partial charge on any atom is 0.591 e. The first-order valence-corrected chi connectivity index (χ1v) is 6.24. The minimum atomic E-state index is -0.662. The van der Waals surface area contributed by atoms with Crippen LogP contribution in [0.4, 0.5) is 0 Å². The Balaban J connectivity index is 2.69. The molecular formula is C7H5ClMgN2. The van der Waals surface area contributed by atoms with Crippen molar-refractivity contribution in [1.29, 1.82) is 0 Å². The average Bonchev–Trinajstić information content (AvgIpc) is 2.46. The minimum Gasteiger partial charge on any atom is -0.367 e. The molecule has 1 aromatic heterocycles. The van der Waals surface area contributed by atoms with Crippen LogP contribution in [0.2, 0.25) is 0 Å². The van der Waals surface area contributed by atoms with Crippen LogP contribution >= 0.6 is 9.07 Å². The standard InChI is InChI=1S/C7H5N2.ClH.Mg/c1-2-4-7-6(3-1)8-5-9-7;;/h1-4H,(H,8,9);1H;/q;;+1/p-1. The summed E-state index contributed by atoms with van der Waals surface area (Å²) in [5.74, 6) is 0. The molecule has 0 amide bonds. The van der Waals surface area contributed by atoms with E-state index in [1.165, 1.54) is 0 Å². The molecular weight excluding hydrogens is 172 g/mol. The molecule has 0 fully saturated rings. The molecule has 1 aromatic carbocycles. The largest absolute Gasteiger partial charge is 0.591 e. The number of hydrogen-bond acceptors (Lipinski definition) is 1. The maximum atomic E-state index is 5.74. The highest BCUT2D eigenvalue weighted by Crippen LogP contribution is 2.04. The molecule has 0 saturated carbocycles. The van der Waals surface area contributed by atoms with Crippen LogP contribution in [0.1, 0.15) is 0 Å². The molecule has 0 radical (unpaired) electrons. The van der Waals surface area contributed by atoms with E-state index in [1.54, 1.807) is 0 Å². The molecule has 0 aliphatic heterocycles. The lowest BCUT2D eigenvalue weighted by atomic mass is 10.3. The molecule has 0 unspecified atom stereocenters. The van der Waals surface area contributed by atoms with Gasteiger partial charge in [0.15, 0.2) is 0 Å². The molecule has 1 N–H and O–H groups in total. The SMILES string of the molecule is [Cl][Mg][c]1nc2ccccc2[nH]1. The van der Waals surface area contributed by atoms with E-state index in [0.29, 0.717) is 0 Å². The van der Waals surface area contributed by atoms with E-state index in [9.17, 15) is 0 Å². The summed E-state index contributed by atoms with van der Waals surface area (Å²) in [7, 11) is 5.74. The van der Waals surface area contributed by atoms with Gasteiger partial charge in [0.05, 0.1) is 11.0 Å². The Labute approximate surface area is 77.5 Å². The molecule has 2 nitrogen and oxygen atoms in total. The second-order valence-corrected chi connectivity index (χ2v) is 4.07. The molecule has 0 aliphatic rings. The molecule has 0 bridgehead atoms. The van der Waals surface area contributed by atoms with Crippen LogP contribution in [-0.4, -0.2) is 29.2 Å². The smallest absolute Gasteiger partial charge is 0.367 e. The number of aromatic nitrogens is 2. The van der Waals surface area contributed by atoms with E-state index in [0.717, 1.165) is 15.0 Å². The number of hydrogen-bond donors (Lipinski definition) is 1. The second-order valence-electron chi connectivity index (χ2n) is 2.33. The fourth-order valence-electron chi connectivity index (χ4n) is 1.07. The lowest BCUT2D eigenvalue weighted by Gasteiger charge is -1.82. The Morgan fingerprint density at radius 1 is 1.36 bits per heavy atom. The molecule has 2 rings (SSSR count). The van der Waals surface area contributed by atoms with Crippen molar-refractivity contribution in [3.8, 4) is 0 Å². The first kappa shape index (κ1) is 7.40. The van der Waals surface area contributed by atoms with Crippen LogP contribution in [0, 0.1) is 0 Å². The van der Waals surface area contributed by atoms with Gasteiger partial charge >= 0.3 is 19.3 Å². The Bertz CT molecular complexity index is 338. The third kappa shape index (κ3) is 1.36. The van der Waals surface area contributed by atoms with Crippen LogP contribution < -0.4 is 3.95 Å². The second kappa shape index (κ2) is 3.01. The van der Waals surface area contributed by atoms with Gasteiger partial charge in [0.1, 0.15) is 0 Å². The number of fused-ring (bicyclic) bond motifs is 1. The number of halogens is 1. The fraction of sp³-hybridized carbons (Fsp3) is 0. The molecule has 0 saturated heterocycles. The van der Waals surface area contributed by atoms with Crippen LogP contribution in [-0.2, 0) is 0 Å². The van der Waals surface area contributed by atoms with Gasteiger partial charge in [0.2, 0.25) is 0 Å². The maximum absolute atomic E-state index is 5.74. The number of para-hydroxylation sites is 2. The van der Waals surface area contributed by atoms with Crippen molar-refractivity contribution in [1.82, 2.24) is 9.97 Å². The third-order valence-electron chi connectivity index (χ3n) is 1.56. The molecule has 0 atom stereocenters. The molecule has 52 valence electrons. The van der Waals surface area contributed by atoms with Crippen molar-refractivity contribution in [3.05, 3.63) is 24.3 Å². The van der Waals surface area contributed by atoms with Crippen molar-refractivity contribution in [2.45, 2.75) is 0 Å². The molecule has 11 heavy (non-hydrogen) atoms. The van der Waals surface area contributed by atoms with Gasteiger partial charge in [0.25, 0.3) is 0 Å². The van der Waals surface area contributed by atoms with Crippen LogP contribution in [0.25, 0.3) is 11.0 Å². The van der Waals surface area contributed by atoms with Crippen molar-refractivity contribution in [3.63, 3.8) is 0 Å². The molecule has 1 heterocycles. The third-order valence-corrected chi connectivity index (χ3v) is 2.91. The normalized spacial score (nSPS) is 9.91. The Morgan fingerprint density at radius 2 is 2.18 bits per heavy atom. The lowest BCUT2D eigenvalue weighted by Crippen LogP contribution is -2.12. The number of aromatic amines is 1. The molecule has 0 aliphatic carbocycles. The van der Waals surface area contributed by atoms with E-state index in [4.69, 9.17) is 9.07 Å². The fourth-order valence-corrected chi connectivity index (χ4v) is 1.94. The van der Waals surface area contributed by atoms with Gasteiger partial charge < -0.3 is 14.1 Å². The van der Waals surface area contributed by atoms with Gasteiger partial charge in [-0.3, -0.25) is 4.98 Å². The minimum absolute atomic E-state index is 0.662. The summed E-state index contributed by atoms with van der Waals surface area (Å²) in [6, 6.07) is 7.95. The lowest BCUT2D eigenvalue weighted by molar-refractivity contribution is 1.44. The van der Waals surface area contributed by atoms with Gasteiger partial charge in [-0.1, -0.05) is 12.1 Å². The van der Waals surface area contributed by atoms with Crippen molar-refractivity contribution in [2.75, 3.05) is 0 Å². The quantitative estimate of drug-likeness (QED) is 0.647. The topological polar surface area (TPSA) is 28.7 Å². The summed E-state index contributed by atoms with van der Waals surface area (Å²) in [4.78, 5) is 7.47.